The van der Waals surface area contributed by atoms with Crippen LogP contribution in [0.25, 0.3) is 0 Å². The molecule has 0 saturated carbocycles. The molecular weight excluding hydrogens is 280 g/mol. The highest BCUT2D eigenvalue weighted by atomic mass is 16.3. The van der Waals surface area contributed by atoms with Gasteiger partial charge in [0, 0.05) is 18.0 Å². The second-order valence-electron chi connectivity index (χ2n) is 7.77. The smallest absolute Gasteiger partial charge is 0.320 e. The number of nitrogens with one attached hydrogen (secondary N) is 2. The van der Waals surface area contributed by atoms with Crippen LogP contribution in [0, 0.1) is 0 Å². The van der Waals surface area contributed by atoms with Gasteiger partial charge in [0.1, 0.15) is 5.82 Å². The summed E-state index contributed by atoms with van der Waals surface area (Å²) in [7, 11) is 0. The first kappa shape index (κ1) is 18.5. The largest absolute Gasteiger partial charge is 0.393 e. The molecule has 0 spiro atoms. The number of nitrogens with zero attached hydrogens (tertiary/aromatic N) is 2. The summed E-state index contributed by atoms with van der Waals surface area (Å²) in [4.78, 5) is 12.0. The van der Waals surface area contributed by atoms with Gasteiger partial charge in [-0.1, -0.05) is 20.8 Å². The minimum atomic E-state index is -0.423. The van der Waals surface area contributed by atoms with E-state index in [1.165, 1.54) is 0 Å². The van der Waals surface area contributed by atoms with Gasteiger partial charge in [0.2, 0.25) is 0 Å². The molecule has 1 heterocycles. The molecule has 6 heteroatoms. The predicted octanol–water partition coefficient (Wildman–Crippen LogP) is 2.83. The fraction of sp³-hybridized carbons (Fsp3) is 0.750. The van der Waals surface area contributed by atoms with Crippen LogP contribution < -0.4 is 10.6 Å². The van der Waals surface area contributed by atoms with E-state index in [9.17, 15) is 9.90 Å². The van der Waals surface area contributed by atoms with Gasteiger partial charge in [-0.05, 0) is 34.1 Å². The molecule has 126 valence electrons. The van der Waals surface area contributed by atoms with E-state index in [1.807, 2.05) is 31.5 Å². The second-order valence-corrected chi connectivity index (χ2v) is 7.77. The number of aliphatic hydroxyl groups is 1. The first-order valence-electron chi connectivity index (χ1n) is 7.75. The number of carbonyl (C=O) groups is 1. The van der Waals surface area contributed by atoms with Crippen molar-refractivity contribution in [1.82, 2.24) is 15.1 Å². The molecule has 1 atom stereocenters. The number of aromatic nitrogens is 2. The summed E-state index contributed by atoms with van der Waals surface area (Å²) in [6.45, 7) is 14.5. The molecule has 0 aromatic carbocycles. The second kappa shape index (κ2) is 6.69. The molecule has 1 unspecified atom stereocenters. The number of rotatable bonds is 4. The Morgan fingerprint density at radius 2 is 1.91 bits per heavy atom. The van der Waals surface area contributed by atoms with Crippen molar-refractivity contribution >= 4 is 11.8 Å². The molecule has 0 fully saturated rings. The number of carbonyl (C=O) groups excluding carboxylic acids is 1. The van der Waals surface area contributed by atoms with Crippen molar-refractivity contribution in [2.75, 3.05) is 11.9 Å². The van der Waals surface area contributed by atoms with E-state index in [2.05, 4.69) is 36.5 Å². The van der Waals surface area contributed by atoms with Crippen LogP contribution in [0.2, 0.25) is 0 Å². The monoisotopic (exact) mass is 310 g/mol. The molecule has 0 saturated heterocycles. The van der Waals surface area contributed by atoms with Gasteiger partial charge in [-0.25, -0.2) is 9.48 Å². The topological polar surface area (TPSA) is 79.2 Å². The maximum Gasteiger partial charge on any atom is 0.320 e. The van der Waals surface area contributed by atoms with Crippen molar-refractivity contribution in [3.63, 3.8) is 0 Å². The van der Waals surface area contributed by atoms with Gasteiger partial charge in [0.05, 0.1) is 17.3 Å². The van der Waals surface area contributed by atoms with Crippen LogP contribution >= 0.6 is 0 Å². The molecule has 1 rings (SSSR count). The first-order valence-corrected chi connectivity index (χ1v) is 7.75. The molecule has 3 N–H and O–H groups in total. The highest BCUT2D eigenvalue weighted by Crippen LogP contribution is 2.28. The summed E-state index contributed by atoms with van der Waals surface area (Å²) in [5, 5.41) is 19.5. The summed E-state index contributed by atoms with van der Waals surface area (Å²) in [6.07, 6.45) is 0.104. The third-order valence-corrected chi connectivity index (χ3v) is 3.20. The first-order chi connectivity index (χ1) is 9.91. The standard InChI is InChI=1S/C16H30N4O2/c1-11(21)8-9-17-14(22)18-13-10-12(15(2,3)4)19-20(13)16(5,6)7/h10-11,21H,8-9H2,1-7H3,(H2,17,18,22). The molecule has 0 aliphatic heterocycles. The van der Waals surface area contributed by atoms with Gasteiger partial charge < -0.3 is 10.4 Å². The molecule has 0 radical (unpaired) electrons. The lowest BCUT2D eigenvalue weighted by Gasteiger charge is -2.23. The lowest BCUT2D eigenvalue weighted by Crippen LogP contribution is -2.33. The SMILES string of the molecule is CC(O)CCNC(=O)Nc1cc(C(C)(C)C)nn1C(C)(C)C. The summed E-state index contributed by atoms with van der Waals surface area (Å²) in [5.74, 6) is 0.673. The zero-order valence-corrected chi connectivity index (χ0v) is 14.8. The van der Waals surface area contributed by atoms with E-state index in [1.54, 1.807) is 6.92 Å². The summed E-state index contributed by atoms with van der Waals surface area (Å²) >= 11 is 0. The van der Waals surface area contributed by atoms with Gasteiger partial charge in [0.25, 0.3) is 0 Å². The lowest BCUT2D eigenvalue weighted by molar-refractivity contribution is 0.184. The Hall–Kier alpha value is -1.56. The van der Waals surface area contributed by atoms with E-state index in [4.69, 9.17) is 0 Å². The molecule has 22 heavy (non-hydrogen) atoms. The normalized spacial score (nSPS) is 13.8. The Bertz CT molecular complexity index is 507. The Morgan fingerprint density at radius 3 is 2.36 bits per heavy atom. The molecule has 1 aromatic heterocycles. The Morgan fingerprint density at radius 1 is 1.32 bits per heavy atom. The van der Waals surface area contributed by atoms with Gasteiger partial charge >= 0.3 is 6.03 Å². The van der Waals surface area contributed by atoms with Crippen LogP contribution in [-0.2, 0) is 11.0 Å². The highest BCUT2D eigenvalue weighted by Gasteiger charge is 2.25. The van der Waals surface area contributed by atoms with Crippen LogP contribution in [-0.4, -0.2) is 33.6 Å². The van der Waals surface area contributed by atoms with Gasteiger partial charge in [-0.3, -0.25) is 5.32 Å². The quantitative estimate of drug-likeness (QED) is 0.800. The fourth-order valence-electron chi connectivity index (χ4n) is 1.90. The Labute approximate surface area is 133 Å². The van der Waals surface area contributed by atoms with Crippen LogP contribution in [0.3, 0.4) is 0 Å². The molecule has 6 nitrogen and oxygen atoms in total. The molecule has 0 bridgehead atoms. The maximum absolute atomic E-state index is 12.0. The zero-order valence-electron chi connectivity index (χ0n) is 14.8. The van der Waals surface area contributed by atoms with E-state index in [-0.39, 0.29) is 17.0 Å². The van der Waals surface area contributed by atoms with Crippen LogP contribution in [0.1, 0.15) is 60.6 Å². The van der Waals surface area contributed by atoms with Crippen LogP contribution in [0.4, 0.5) is 10.6 Å². The molecule has 0 aliphatic rings. The molecular formula is C16H30N4O2. The molecule has 1 aromatic rings. The number of hydrogen-bond acceptors (Lipinski definition) is 3. The highest BCUT2D eigenvalue weighted by molar-refractivity contribution is 5.88. The van der Waals surface area contributed by atoms with Crippen molar-refractivity contribution in [3.8, 4) is 0 Å². The predicted molar refractivity (Wildman–Crippen MR) is 89.2 cm³/mol. The van der Waals surface area contributed by atoms with Crippen molar-refractivity contribution in [2.45, 2.75) is 71.9 Å². The summed E-state index contributed by atoms with van der Waals surface area (Å²) in [5.41, 5.74) is 0.614. The maximum atomic E-state index is 12.0. The van der Waals surface area contributed by atoms with Crippen LogP contribution in [0.15, 0.2) is 6.07 Å². The molecule has 0 aliphatic carbocycles. The zero-order chi connectivity index (χ0) is 17.1. The van der Waals surface area contributed by atoms with Crippen molar-refractivity contribution in [2.24, 2.45) is 0 Å². The third kappa shape index (κ3) is 5.33. The number of hydrogen-bond donors (Lipinski definition) is 3. The minimum Gasteiger partial charge on any atom is -0.393 e. The van der Waals surface area contributed by atoms with Crippen LogP contribution in [0.5, 0.6) is 0 Å². The fourth-order valence-corrected chi connectivity index (χ4v) is 1.90. The number of urea groups is 1. The Balaban J connectivity index is 2.89. The van der Waals surface area contributed by atoms with Gasteiger partial charge in [0.15, 0.2) is 0 Å². The average molecular weight is 310 g/mol. The van der Waals surface area contributed by atoms with Crippen molar-refractivity contribution in [3.05, 3.63) is 11.8 Å². The van der Waals surface area contributed by atoms with E-state index in [0.717, 1.165) is 5.69 Å². The summed E-state index contributed by atoms with van der Waals surface area (Å²) < 4.78 is 1.84. The average Bonchev–Trinajstić information content (AvgIpc) is 2.71. The number of anilines is 1. The number of aliphatic hydroxyl groups excluding tert-OH is 1. The lowest BCUT2D eigenvalue weighted by atomic mass is 9.92. The van der Waals surface area contributed by atoms with E-state index >= 15 is 0 Å². The third-order valence-electron chi connectivity index (χ3n) is 3.20. The van der Waals surface area contributed by atoms with Crippen molar-refractivity contribution < 1.29 is 9.90 Å². The minimum absolute atomic E-state index is 0.0876. The van der Waals surface area contributed by atoms with Gasteiger partial charge in [-0.15, -0.1) is 0 Å². The number of amides is 2. The Kier molecular flexibility index (Phi) is 5.62. The summed E-state index contributed by atoms with van der Waals surface area (Å²) in [6, 6.07) is 1.63. The van der Waals surface area contributed by atoms with Crippen molar-refractivity contribution in [1.29, 1.82) is 0 Å². The van der Waals surface area contributed by atoms with E-state index in [0.29, 0.717) is 18.8 Å². The van der Waals surface area contributed by atoms with E-state index < -0.39 is 6.10 Å². The molecule has 2 amide bonds. The van der Waals surface area contributed by atoms with Gasteiger partial charge in [-0.2, -0.15) is 5.10 Å².